The molecule has 1 aromatic carbocycles. The van der Waals surface area contributed by atoms with Crippen molar-refractivity contribution >= 4 is 11.0 Å². The molecule has 3 nitrogen and oxygen atoms in total. The predicted molar refractivity (Wildman–Crippen MR) is 76.7 cm³/mol. The van der Waals surface area contributed by atoms with E-state index in [1.54, 1.807) is 7.11 Å². The standard InChI is InChI=1S/C16H21NO2/c1-18-15-7-3-6-13-10-14(19-16(13)15)8-9-17-11-12-4-2-5-12/h3,6-7,10,12,17H,2,4-5,8-9,11H2,1H3. The summed E-state index contributed by atoms with van der Waals surface area (Å²) in [6.07, 6.45) is 5.14. The van der Waals surface area contributed by atoms with Crippen molar-refractivity contribution in [2.75, 3.05) is 20.2 Å². The Balaban J connectivity index is 1.58. The molecule has 3 heteroatoms. The Labute approximate surface area is 113 Å². The van der Waals surface area contributed by atoms with Crippen LogP contribution in [0.1, 0.15) is 25.0 Å². The molecular weight excluding hydrogens is 238 g/mol. The Morgan fingerprint density at radius 2 is 2.26 bits per heavy atom. The molecule has 102 valence electrons. The number of benzene rings is 1. The second kappa shape index (κ2) is 5.66. The van der Waals surface area contributed by atoms with E-state index < -0.39 is 0 Å². The lowest BCUT2D eigenvalue weighted by Gasteiger charge is -2.25. The van der Waals surface area contributed by atoms with E-state index in [-0.39, 0.29) is 0 Å². The van der Waals surface area contributed by atoms with Gasteiger partial charge in [0.05, 0.1) is 7.11 Å². The summed E-state index contributed by atoms with van der Waals surface area (Å²) >= 11 is 0. The van der Waals surface area contributed by atoms with Crippen LogP contribution in [0.4, 0.5) is 0 Å². The number of methoxy groups -OCH3 is 1. The van der Waals surface area contributed by atoms with Gasteiger partial charge in [-0.2, -0.15) is 0 Å². The van der Waals surface area contributed by atoms with Gasteiger partial charge in [0.25, 0.3) is 0 Å². The first-order chi connectivity index (χ1) is 9.36. The molecule has 1 fully saturated rings. The van der Waals surface area contributed by atoms with Crippen LogP contribution < -0.4 is 10.1 Å². The third-order valence-corrected chi connectivity index (χ3v) is 3.98. The molecule has 1 aliphatic rings. The van der Waals surface area contributed by atoms with Crippen molar-refractivity contribution in [1.82, 2.24) is 5.32 Å². The van der Waals surface area contributed by atoms with Gasteiger partial charge in [-0.3, -0.25) is 0 Å². The van der Waals surface area contributed by atoms with Crippen molar-refractivity contribution in [3.8, 4) is 5.75 Å². The van der Waals surface area contributed by atoms with E-state index in [2.05, 4.69) is 17.4 Å². The Kier molecular flexibility index (Phi) is 3.74. The van der Waals surface area contributed by atoms with Crippen LogP contribution in [-0.4, -0.2) is 20.2 Å². The van der Waals surface area contributed by atoms with E-state index >= 15 is 0 Å². The van der Waals surface area contributed by atoms with Gasteiger partial charge in [0.15, 0.2) is 11.3 Å². The lowest BCUT2D eigenvalue weighted by Crippen LogP contribution is -2.28. The van der Waals surface area contributed by atoms with Crippen LogP contribution in [0.2, 0.25) is 0 Å². The molecule has 19 heavy (non-hydrogen) atoms. The molecule has 1 aliphatic carbocycles. The molecule has 0 amide bonds. The smallest absolute Gasteiger partial charge is 0.176 e. The topological polar surface area (TPSA) is 34.4 Å². The maximum absolute atomic E-state index is 5.87. The van der Waals surface area contributed by atoms with Crippen LogP contribution >= 0.6 is 0 Å². The molecule has 0 bridgehead atoms. The third-order valence-electron chi connectivity index (χ3n) is 3.98. The molecule has 0 unspecified atom stereocenters. The van der Waals surface area contributed by atoms with Gasteiger partial charge >= 0.3 is 0 Å². The van der Waals surface area contributed by atoms with Gasteiger partial charge in [-0.05, 0) is 37.4 Å². The Bertz CT molecular complexity index is 543. The number of hydrogen-bond acceptors (Lipinski definition) is 3. The van der Waals surface area contributed by atoms with Crippen LogP contribution in [-0.2, 0) is 6.42 Å². The number of nitrogens with one attached hydrogen (secondary N) is 1. The van der Waals surface area contributed by atoms with Crippen LogP contribution in [0, 0.1) is 5.92 Å². The zero-order chi connectivity index (χ0) is 13.1. The van der Waals surface area contributed by atoms with Crippen LogP contribution in [0.5, 0.6) is 5.75 Å². The van der Waals surface area contributed by atoms with Gasteiger partial charge in [0.1, 0.15) is 5.76 Å². The summed E-state index contributed by atoms with van der Waals surface area (Å²) in [5, 5.41) is 4.64. The summed E-state index contributed by atoms with van der Waals surface area (Å²) in [6, 6.07) is 8.11. The van der Waals surface area contributed by atoms with Crippen LogP contribution in [0.15, 0.2) is 28.7 Å². The maximum atomic E-state index is 5.87. The van der Waals surface area contributed by atoms with E-state index in [4.69, 9.17) is 9.15 Å². The number of hydrogen-bond donors (Lipinski definition) is 1. The minimum absolute atomic E-state index is 0.811. The van der Waals surface area contributed by atoms with Gasteiger partial charge in [-0.15, -0.1) is 0 Å². The number of rotatable bonds is 6. The highest BCUT2D eigenvalue weighted by Crippen LogP contribution is 2.28. The highest BCUT2D eigenvalue weighted by atomic mass is 16.5. The lowest BCUT2D eigenvalue weighted by molar-refractivity contribution is 0.302. The highest BCUT2D eigenvalue weighted by Gasteiger charge is 2.16. The zero-order valence-electron chi connectivity index (χ0n) is 11.4. The number of furan rings is 1. The fourth-order valence-electron chi connectivity index (χ4n) is 2.59. The molecule has 2 aromatic rings. The maximum Gasteiger partial charge on any atom is 0.176 e. The van der Waals surface area contributed by atoms with Crippen molar-refractivity contribution in [1.29, 1.82) is 0 Å². The normalized spacial score (nSPS) is 15.6. The second-order valence-corrected chi connectivity index (χ2v) is 5.34. The number of ether oxygens (including phenoxy) is 1. The molecule has 0 spiro atoms. The Morgan fingerprint density at radius 1 is 1.37 bits per heavy atom. The van der Waals surface area contributed by atoms with E-state index in [0.717, 1.165) is 47.9 Å². The summed E-state index contributed by atoms with van der Waals surface area (Å²) in [6.45, 7) is 2.14. The molecular formula is C16H21NO2. The van der Waals surface area contributed by atoms with Gasteiger partial charge < -0.3 is 14.5 Å². The highest BCUT2D eigenvalue weighted by molar-refractivity contribution is 5.83. The molecule has 3 rings (SSSR count). The SMILES string of the molecule is COc1cccc2cc(CCNCC3CCC3)oc12. The summed E-state index contributed by atoms with van der Waals surface area (Å²) in [4.78, 5) is 0. The molecule has 1 saturated carbocycles. The molecule has 0 radical (unpaired) electrons. The zero-order valence-corrected chi connectivity index (χ0v) is 11.4. The third kappa shape index (κ3) is 2.76. The lowest BCUT2D eigenvalue weighted by atomic mass is 9.85. The van der Waals surface area contributed by atoms with Gasteiger partial charge in [-0.1, -0.05) is 18.6 Å². The number of para-hydroxylation sites is 1. The predicted octanol–water partition coefficient (Wildman–Crippen LogP) is 3.37. The van der Waals surface area contributed by atoms with Gasteiger partial charge in [0.2, 0.25) is 0 Å². The van der Waals surface area contributed by atoms with E-state index in [0.29, 0.717) is 0 Å². The molecule has 0 atom stereocenters. The first-order valence-electron chi connectivity index (χ1n) is 7.13. The fraction of sp³-hybridized carbons (Fsp3) is 0.500. The van der Waals surface area contributed by atoms with Gasteiger partial charge in [-0.25, -0.2) is 0 Å². The first kappa shape index (κ1) is 12.5. The average Bonchev–Trinajstić information content (AvgIpc) is 2.78. The quantitative estimate of drug-likeness (QED) is 0.808. The van der Waals surface area contributed by atoms with Crippen LogP contribution in [0.3, 0.4) is 0 Å². The summed E-state index contributed by atoms with van der Waals surface area (Å²) in [7, 11) is 1.68. The summed E-state index contributed by atoms with van der Waals surface area (Å²) in [5.41, 5.74) is 0.860. The Morgan fingerprint density at radius 3 is 3.00 bits per heavy atom. The van der Waals surface area contributed by atoms with Crippen molar-refractivity contribution in [3.05, 3.63) is 30.0 Å². The van der Waals surface area contributed by atoms with Crippen molar-refractivity contribution in [3.63, 3.8) is 0 Å². The van der Waals surface area contributed by atoms with Crippen molar-refractivity contribution in [2.24, 2.45) is 5.92 Å². The Hall–Kier alpha value is -1.48. The van der Waals surface area contributed by atoms with E-state index in [1.807, 2.05) is 12.1 Å². The summed E-state index contributed by atoms with van der Waals surface area (Å²) in [5.74, 6) is 2.75. The largest absolute Gasteiger partial charge is 0.493 e. The number of fused-ring (bicyclic) bond motifs is 1. The van der Waals surface area contributed by atoms with E-state index in [9.17, 15) is 0 Å². The molecule has 1 heterocycles. The van der Waals surface area contributed by atoms with E-state index in [1.165, 1.54) is 19.3 Å². The van der Waals surface area contributed by atoms with Crippen molar-refractivity contribution < 1.29 is 9.15 Å². The van der Waals surface area contributed by atoms with Gasteiger partial charge in [0, 0.05) is 18.4 Å². The molecule has 1 N–H and O–H groups in total. The molecule has 0 saturated heterocycles. The monoisotopic (exact) mass is 259 g/mol. The first-order valence-corrected chi connectivity index (χ1v) is 7.13. The second-order valence-electron chi connectivity index (χ2n) is 5.34. The summed E-state index contributed by atoms with van der Waals surface area (Å²) < 4.78 is 11.2. The fourth-order valence-corrected chi connectivity index (χ4v) is 2.59. The van der Waals surface area contributed by atoms with Crippen LogP contribution in [0.25, 0.3) is 11.0 Å². The minimum atomic E-state index is 0.811. The molecule has 0 aliphatic heterocycles. The average molecular weight is 259 g/mol. The van der Waals surface area contributed by atoms with Crippen molar-refractivity contribution in [2.45, 2.75) is 25.7 Å². The minimum Gasteiger partial charge on any atom is -0.493 e. The molecule has 1 aromatic heterocycles.